The molecule has 1 fully saturated rings. The maximum atomic E-state index is 9.72. The lowest BCUT2D eigenvalue weighted by Gasteiger charge is -2.43. The summed E-state index contributed by atoms with van der Waals surface area (Å²) >= 11 is 0. The predicted molar refractivity (Wildman–Crippen MR) is 80.8 cm³/mol. The van der Waals surface area contributed by atoms with Crippen LogP contribution in [0, 0.1) is 13.8 Å². The first-order valence-corrected chi connectivity index (χ1v) is 7.14. The van der Waals surface area contributed by atoms with Gasteiger partial charge in [-0.2, -0.15) is 0 Å². The quantitative estimate of drug-likeness (QED) is 0.858. The minimum absolute atomic E-state index is 0.0542. The average Bonchev–Trinajstić information content (AvgIpc) is 2.51. The summed E-state index contributed by atoms with van der Waals surface area (Å²) in [5.74, 6) is 0. The third-order valence-corrected chi connectivity index (χ3v) is 4.29. The molecule has 1 saturated heterocycles. The fourth-order valence-electron chi connectivity index (χ4n) is 2.95. The van der Waals surface area contributed by atoms with Crippen LogP contribution in [-0.2, 0) is 0 Å². The van der Waals surface area contributed by atoms with Crippen LogP contribution in [0.4, 0.5) is 5.69 Å². The van der Waals surface area contributed by atoms with Crippen LogP contribution in [0.15, 0.2) is 18.2 Å². The monoisotopic (exact) mass is 262 g/mol. The van der Waals surface area contributed by atoms with E-state index >= 15 is 0 Å². The number of aliphatic hydroxyl groups is 1. The van der Waals surface area contributed by atoms with E-state index in [0.29, 0.717) is 0 Å². The molecule has 1 aromatic carbocycles. The van der Waals surface area contributed by atoms with Gasteiger partial charge in [0, 0.05) is 17.8 Å². The second-order valence-electron chi connectivity index (χ2n) is 6.24. The molecule has 3 heteroatoms. The zero-order valence-corrected chi connectivity index (χ0v) is 12.5. The van der Waals surface area contributed by atoms with E-state index in [-0.39, 0.29) is 18.2 Å². The first-order valence-electron chi connectivity index (χ1n) is 7.14. The minimum atomic E-state index is 0.0542. The molecule has 2 rings (SSSR count). The average molecular weight is 262 g/mol. The van der Waals surface area contributed by atoms with Crippen molar-refractivity contribution < 1.29 is 5.11 Å². The van der Waals surface area contributed by atoms with Gasteiger partial charge < -0.3 is 15.3 Å². The standard InChI is InChI=1S/C16H26N2O/c1-12-5-6-14(9-13(12)2)18-15(11-19)10-17-8-7-16(18,3)4/h5-6,9,15,17,19H,7-8,10-11H2,1-4H3. The molecule has 0 amide bonds. The van der Waals surface area contributed by atoms with Gasteiger partial charge in [-0.05, 0) is 63.9 Å². The Morgan fingerprint density at radius 1 is 1.32 bits per heavy atom. The van der Waals surface area contributed by atoms with E-state index in [0.717, 1.165) is 19.5 Å². The summed E-state index contributed by atoms with van der Waals surface area (Å²) in [4.78, 5) is 2.39. The fourth-order valence-corrected chi connectivity index (χ4v) is 2.95. The molecule has 0 bridgehead atoms. The molecule has 1 heterocycles. The highest BCUT2D eigenvalue weighted by Gasteiger charge is 2.34. The predicted octanol–water partition coefficient (Wildman–Crippen LogP) is 2.24. The van der Waals surface area contributed by atoms with Crippen molar-refractivity contribution in [1.29, 1.82) is 0 Å². The van der Waals surface area contributed by atoms with Crippen molar-refractivity contribution in [1.82, 2.24) is 5.32 Å². The van der Waals surface area contributed by atoms with E-state index in [1.807, 2.05) is 0 Å². The van der Waals surface area contributed by atoms with E-state index in [4.69, 9.17) is 0 Å². The van der Waals surface area contributed by atoms with Crippen molar-refractivity contribution in [2.24, 2.45) is 0 Å². The summed E-state index contributed by atoms with van der Waals surface area (Å²) in [6.07, 6.45) is 1.08. The van der Waals surface area contributed by atoms with Gasteiger partial charge in [-0.3, -0.25) is 0 Å². The molecule has 106 valence electrons. The van der Waals surface area contributed by atoms with Crippen molar-refractivity contribution in [3.05, 3.63) is 29.3 Å². The van der Waals surface area contributed by atoms with Crippen molar-refractivity contribution in [2.75, 3.05) is 24.6 Å². The molecule has 1 unspecified atom stereocenters. The van der Waals surface area contributed by atoms with Crippen LogP contribution in [-0.4, -0.2) is 36.4 Å². The highest BCUT2D eigenvalue weighted by molar-refractivity contribution is 5.54. The van der Waals surface area contributed by atoms with Crippen molar-refractivity contribution in [3.63, 3.8) is 0 Å². The number of rotatable bonds is 2. The number of hydrogen-bond acceptors (Lipinski definition) is 3. The maximum absolute atomic E-state index is 9.72. The third kappa shape index (κ3) is 2.93. The third-order valence-electron chi connectivity index (χ3n) is 4.29. The van der Waals surface area contributed by atoms with E-state index in [1.54, 1.807) is 0 Å². The smallest absolute Gasteiger partial charge is 0.0650 e. The van der Waals surface area contributed by atoms with Gasteiger partial charge >= 0.3 is 0 Å². The molecule has 0 saturated carbocycles. The number of nitrogens with one attached hydrogen (secondary N) is 1. The van der Waals surface area contributed by atoms with Gasteiger partial charge in [0.25, 0.3) is 0 Å². The van der Waals surface area contributed by atoms with Gasteiger partial charge in [0.1, 0.15) is 0 Å². The Balaban J connectivity index is 2.42. The Morgan fingerprint density at radius 2 is 2.05 bits per heavy atom. The van der Waals surface area contributed by atoms with E-state index in [9.17, 15) is 5.11 Å². The molecule has 0 aromatic heterocycles. The molecule has 0 spiro atoms. The van der Waals surface area contributed by atoms with Crippen LogP contribution < -0.4 is 10.2 Å². The molecule has 1 aliphatic heterocycles. The number of hydrogen-bond donors (Lipinski definition) is 2. The lowest BCUT2D eigenvalue weighted by atomic mass is 9.95. The van der Waals surface area contributed by atoms with E-state index in [2.05, 4.69) is 56.1 Å². The van der Waals surface area contributed by atoms with Gasteiger partial charge in [0.2, 0.25) is 0 Å². The van der Waals surface area contributed by atoms with E-state index in [1.165, 1.54) is 16.8 Å². The summed E-state index contributed by atoms with van der Waals surface area (Å²) in [6.45, 7) is 10.8. The van der Waals surface area contributed by atoms with Crippen LogP contribution in [0.1, 0.15) is 31.4 Å². The Kier molecular flexibility index (Phi) is 4.16. The van der Waals surface area contributed by atoms with Crippen molar-refractivity contribution in [3.8, 4) is 0 Å². The van der Waals surface area contributed by atoms with Gasteiger partial charge in [-0.25, -0.2) is 0 Å². The molecule has 2 N–H and O–H groups in total. The molecule has 1 aromatic rings. The lowest BCUT2D eigenvalue weighted by molar-refractivity contribution is 0.245. The zero-order chi connectivity index (χ0) is 14.0. The lowest BCUT2D eigenvalue weighted by Crippen LogP contribution is -2.52. The first-order chi connectivity index (χ1) is 8.95. The molecular formula is C16H26N2O. The van der Waals surface area contributed by atoms with Gasteiger partial charge in [0.05, 0.1) is 12.6 Å². The summed E-state index contributed by atoms with van der Waals surface area (Å²) in [5, 5.41) is 13.2. The normalized spacial score (nSPS) is 23.2. The number of aliphatic hydroxyl groups excluding tert-OH is 1. The zero-order valence-electron chi connectivity index (χ0n) is 12.5. The second-order valence-corrected chi connectivity index (χ2v) is 6.24. The summed E-state index contributed by atoms with van der Waals surface area (Å²) in [5.41, 5.74) is 3.89. The molecule has 1 atom stereocenters. The molecule has 0 aliphatic carbocycles. The number of anilines is 1. The van der Waals surface area contributed by atoms with Crippen molar-refractivity contribution in [2.45, 2.75) is 45.7 Å². The SMILES string of the molecule is Cc1ccc(N2C(CO)CNCCC2(C)C)cc1C. The maximum Gasteiger partial charge on any atom is 0.0650 e. The minimum Gasteiger partial charge on any atom is -0.394 e. The highest BCUT2D eigenvalue weighted by atomic mass is 16.3. The number of benzene rings is 1. The number of nitrogens with zero attached hydrogens (tertiary/aromatic N) is 1. The van der Waals surface area contributed by atoms with Crippen LogP contribution in [0.5, 0.6) is 0 Å². The molecular weight excluding hydrogens is 236 g/mol. The first kappa shape index (κ1) is 14.4. The van der Waals surface area contributed by atoms with Crippen LogP contribution >= 0.6 is 0 Å². The molecule has 0 radical (unpaired) electrons. The van der Waals surface area contributed by atoms with Gasteiger partial charge in [-0.1, -0.05) is 6.07 Å². The molecule has 19 heavy (non-hydrogen) atoms. The van der Waals surface area contributed by atoms with E-state index < -0.39 is 0 Å². The topological polar surface area (TPSA) is 35.5 Å². The summed E-state index contributed by atoms with van der Waals surface area (Å²) in [6, 6.07) is 6.73. The summed E-state index contributed by atoms with van der Waals surface area (Å²) < 4.78 is 0. The van der Waals surface area contributed by atoms with Gasteiger partial charge in [0.15, 0.2) is 0 Å². The highest BCUT2D eigenvalue weighted by Crippen LogP contribution is 2.31. The fraction of sp³-hybridized carbons (Fsp3) is 0.625. The Hall–Kier alpha value is -1.06. The molecule has 1 aliphatic rings. The summed E-state index contributed by atoms with van der Waals surface area (Å²) in [7, 11) is 0. The Labute approximate surface area is 116 Å². The van der Waals surface area contributed by atoms with Gasteiger partial charge in [-0.15, -0.1) is 0 Å². The molecule has 3 nitrogen and oxygen atoms in total. The largest absolute Gasteiger partial charge is 0.394 e. The Morgan fingerprint density at radius 3 is 2.68 bits per heavy atom. The second kappa shape index (κ2) is 5.51. The van der Waals surface area contributed by atoms with Crippen LogP contribution in [0.3, 0.4) is 0 Å². The van der Waals surface area contributed by atoms with Crippen molar-refractivity contribution >= 4 is 5.69 Å². The van der Waals surface area contributed by atoms with Crippen LogP contribution in [0.2, 0.25) is 0 Å². The van der Waals surface area contributed by atoms with Crippen LogP contribution in [0.25, 0.3) is 0 Å². The Bertz CT molecular complexity index is 442. The number of aryl methyl sites for hydroxylation is 2.